The maximum atomic E-state index is 11.7. The molecule has 1 aliphatic rings. The number of carboxylic acid groups (broad SMARTS) is 1. The fourth-order valence-corrected chi connectivity index (χ4v) is 1.72. The Morgan fingerprint density at radius 1 is 1.56 bits per heavy atom. The molecule has 0 bridgehead atoms. The number of rotatable bonds is 1. The average Bonchev–Trinajstić information content (AvgIpc) is 2.88. The summed E-state index contributed by atoms with van der Waals surface area (Å²) in [6, 6.07) is -3.35. The predicted molar refractivity (Wildman–Crippen MR) is 65.9 cm³/mol. The average molecular weight is 259 g/mol. The third-order valence-electron chi connectivity index (χ3n) is 2.49. The Morgan fingerprint density at radius 3 is 3.00 bits per heavy atom. The van der Waals surface area contributed by atoms with Gasteiger partial charge in [0.2, 0.25) is 0 Å². The second-order valence-electron chi connectivity index (χ2n) is 3.56. The van der Waals surface area contributed by atoms with Gasteiger partial charge in [-0.25, -0.2) is 9.59 Å². The van der Waals surface area contributed by atoms with Crippen LogP contribution < -0.4 is 10.6 Å². The first kappa shape index (κ1) is 5.43. The number of nitrogens with two attached hydrogens (primary N) is 1. The topological polar surface area (TPSA) is 99.4 Å². The number of fused-ring (bicyclic) bond motifs is 3. The molecule has 0 atom stereocenters. The Hall–Kier alpha value is -2.50. The van der Waals surface area contributed by atoms with Crippen molar-refractivity contribution in [2.75, 3.05) is 11.4 Å². The number of carboxylic acids is 1. The highest BCUT2D eigenvalue weighted by Gasteiger charge is 2.25. The van der Waals surface area contributed by atoms with Gasteiger partial charge in [-0.1, -0.05) is 0 Å². The minimum Gasteiger partial charge on any atom is -0.477 e. The summed E-state index contributed by atoms with van der Waals surface area (Å²) in [5.74, 6) is -1.53. The number of hydrogen-bond donors (Lipinski definition) is 3. The highest BCUT2D eigenvalue weighted by molar-refractivity contribution is 6.01. The standard InChI is InChI=1S/C12H11N3O3/c13-12(18)15-4-3-6-7-5-9(11(16)17)14-8(7)1-2-10(6)15/h1-2,5,14H,3-4H2,(H2,13,18)(H,16,17)/i1T,2T,3T2,4T2,5T. The Bertz CT molecular complexity index is 969. The highest BCUT2D eigenvalue weighted by atomic mass is 16.4. The smallest absolute Gasteiger partial charge is 0.352 e. The number of hydrogen-bond acceptors (Lipinski definition) is 2. The summed E-state index contributed by atoms with van der Waals surface area (Å²) in [5.41, 5.74) is 3.09. The molecule has 18 heavy (non-hydrogen) atoms. The molecule has 6 nitrogen and oxygen atoms in total. The Labute approximate surface area is 112 Å². The molecule has 1 aliphatic heterocycles. The van der Waals surface area contributed by atoms with Gasteiger partial charge in [0.25, 0.3) is 0 Å². The SMILES string of the molecule is [3H]c1c2c(c3c([3H])c(C(=O)O)[nH]c3c1[3H])C([3H])([3H])C([3H])([3H])N2C(N)=O. The van der Waals surface area contributed by atoms with Gasteiger partial charge in [-0.3, -0.25) is 4.90 Å². The lowest BCUT2D eigenvalue weighted by atomic mass is 10.1. The van der Waals surface area contributed by atoms with Gasteiger partial charge in [0.1, 0.15) is 5.69 Å². The molecule has 1 aromatic heterocycles. The Balaban J connectivity index is 2.61. The number of carbonyl (C=O) groups excluding carboxylic acids is 1. The van der Waals surface area contributed by atoms with Crippen molar-refractivity contribution in [1.29, 1.82) is 0 Å². The molecule has 3 rings (SSSR count). The first-order valence-electron chi connectivity index (χ1n) is 8.34. The number of aromatic nitrogens is 1. The van der Waals surface area contributed by atoms with Crippen LogP contribution in [0.1, 0.15) is 25.6 Å². The number of anilines is 1. The fraction of sp³-hybridized carbons (Fsp3) is 0.167. The van der Waals surface area contributed by atoms with Gasteiger partial charge in [0.15, 0.2) is 0 Å². The predicted octanol–water partition coefficient (Wildman–Crippen LogP) is 1.31. The summed E-state index contributed by atoms with van der Waals surface area (Å²) in [6.07, 6.45) is -2.90. The first-order valence-corrected chi connectivity index (χ1v) is 4.84. The van der Waals surface area contributed by atoms with Crippen LogP contribution in [0.4, 0.5) is 10.5 Å². The molecule has 2 amide bonds. The maximum Gasteiger partial charge on any atom is 0.352 e. The fourth-order valence-electron chi connectivity index (χ4n) is 1.72. The number of H-pyrrole nitrogens is 1. The monoisotopic (exact) mass is 259 g/mol. The van der Waals surface area contributed by atoms with E-state index in [0.717, 1.165) is 0 Å². The molecule has 4 N–H and O–H groups in total. The lowest BCUT2D eigenvalue weighted by Crippen LogP contribution is -2.33. The van der Waals surface area contributed by atoms with Gasteiger partial charge >= 0.3 is 12.0 Å². The molecule has 0 saturated heterocycles. The van der Waals surface area contributed by atoms with Gasteiger partial charge in [-0.2, -0.15) is 0 Å². The van der Waals surface area contributed by atoms with Gasteiger partial charge in [0.05, 0.1) is 6.85 Å². The molecule has 0 saturated carbocycles. The van der Waals surface area contributed by atoms with E-state index in [0.29, 0.717) is 0 Å². The van der Waals surface area contributed by atoms with E-state index in [1.807, 2.05) is 0 Å². The van der Waals surface area contributed by atoms with Crippen LogP contribution in [-0.4, -0.2) is 28.6 Å². The van der Waals surface area contributed by atoms with Crippen molar-refractivity contribution >= 4 is 28.6 Å². The lowest BCUT2D eigenvalue weighted by molar-refractivity contribution is 0.0691. The van der Waals surface area contributed by atoms with E-state index < -0.39 is 59.9 Å². The zero-order valence-electron chi connectivity index (χ0n) is 15.8. The molecule has 0 spiro atoms. The van der Waals surface area contributed by atoms with Crippen molar-refractivity contribution in [3.05, 3.63) is 29.4 Å². The second-order valence-corrected chi connectivity index (χ2v) is 3.56. The summed E-state index contributed by atoms with van der Waals surface area (Å²) >= 11 is 0. The van der Waals surface area contributed by atoms with Gasteiger partial charge < -0.3 is 15.8 Å². The Morgan fingerprint density at radius 2 is 2.33 bits per heavy atom. The van der Waals surface area contributed by atoms with Crippen LogP contribution in [0.5, 0.6) is 0 Å². The van der Waals surface area contributed by atoms with Crippen molar-refractivity contribution in [1.82, 2.24) is 4.98 Å². The molecular weight excluding hydrogens is 234 g/mol. The van der Waals surface area contributed by atoms with E-state index in [9.17, 15) is 9.59 Å². The maximum absolute atomic E-state index is 11.7. The number of aromatic amines is 1. The van der Waals surface area contributed by atoms with Gasteiger partial charge in [-0.15, -0.1) is 0 Å². The van der Waals surface area contributed by atoms with Crippen molar-refractivity contribution in [3.8, 4) is 0 Å². The van der Waals surface area contributed by atoms with Crippen LogP contribution in [0.25, 0.3) is 10.9 Å². The minimum atomic E-state index is -3.00. The van der Waals surface area contributed by atoms with Gasteiger partial charge in [0, 0.05) is 25.8 Å². The molecule has 0 radical (unpaired) electrons. The highest BCUT2D eigenvalue weighted by Crippen LogP contribution is 2.34. The third-order valence-corrected chi connectivity index (χ3v) is 2.49. The summed E-state index contributed by atoms with van der Waals surface area (Å²) in [7, 11) is 0. The molecule has 0 unspecified atom stereocenters. The summed E-state index contributed by atoms with van der Waals surface area (Å²) in [5, 5.41) is 8.77. The molecule has 0 fully saturated rings. The molecule has 2 aromatic rings. The number of benzene rings is 1. The van der Waals surface area contributed by atoms with Crippen LogP contribution in [0.15, 0.2) is 18.1 Å². The Kier molecular flexibility index (Phi) is 1.05. The minimum absolute atomic E-state index is 0.231. The van der Waals surface area contributed by atoms with Crippen LogP contribution in [-0.2, 0) is 6.37 Å². The number of primary amides is 1. The van der Waals surface area contributed by atoms with E-state index in [2.05, 4.69) is 4.98 Å². The van der Waals surface area contributed by atoms with Crippen LogP contribution >= 0.6 is 0 Å². The lowest BCUT2D eigenvalue weighted by Gasteiger charge is -2.13. The summed E-state index contributed by atoms with van der Waals surface area (Å²) < 4.78 is 56.1. The number of aromatic carboxylic acids is 1. The summed E-state index contributed by atoms with van der Waals surface area (Å²) in [4.78, 5) is 25.5. The molecule has 1 aromatic carbocycles. The molecular formula is C12H11N3O3. The normalized spacial score (nSPS) is 25.1. The number of nitrogens with one attached hydrogen (secondary N) is 1. The number of aryl methyl sites for hydroxylation is 1. The zero-order valence-corrected chi connectivity index (χ0v) is 8.79. The van der Waals surface area contributed by atoms with Crippen LogP contribution in [0.2, 0.25) is 0 Å². The van der Waals surface area contributed by atoms with Gasteiger partial charge in [-0.05, 0) is 30.1 Å². The number of amides is 2. The van der Waals surface area contributed by atoms with Crippen LogP contribution in [0, 0.1) is 0 Å². The van der Waals surface area contributed by atoms with E-state index in [1.165, 1.54) is 0 Å². The zero-order chi connectivity index (χ0) is 19.1. The molecule has 6 heteroatoms. The van der Waals surface area contributed by atoms with E-state index in [-0.39, 0.29) is 15.8 Å². The van der Waals surface area contributed by atoms with Crippen molar-refractivity contribution in [2.45, 2.75) is 6.37 Å². The first-order chi connectivity index (χ1) is 11.4. The number of carbonyl (C=O) groups is 2. The number of urea groups is 1. The van der Waals surface area contributed by atoms with Crippen LogP contribution in [0.3, 0.4) is 0 Å². The van der Waals surface area contributed by atoms with E-state index >= 15 is 0 Å². The molecule has 2 heterocycles. The molecule has 92 valence electrons. The van der Waals surface area contributed by atoms with E-state index in [4.69, 9.17) is 20.4 Å². The van der Waals surface area contributed by atoms with E-state index in [1.54, 1.807) is 0 Å². The summed E-state index contributed by atoms with van der Waals surface area (Å²) in [6.45, 7) is -3.00. The van der Waals surface area contributed by atoms with Crippen molar-refractivity contribution < 1.29 is 24.3 Å². The van der Waals surface area contributed by atoms with Crippen molar-refractivity contribution in [3.63, 3.8) is 0 Å². The second kappa shape index (κ2) is 3.49. The molecule has 0 aliphatic carbocycles. The third kappa shape index (κ3) is 1.35. The quantitative estimate of drug-likeness (QED) is 0.719. The van der Waals surface area contributed by atoms with Crippen molar-refractivity contribution in [2.24, 2.45) is 5.73 Å². The number of nitrogens with zero attached hydrogens (tertiary/aromatic N) is 1. The largest absolute Gasteiger partial charge is 0.477 e.